The first-order valence-electron chi connectivity index (χ1n) is 7.80. The summed E-state index contributed by atoms with van der Waals surface area (Å²) >= 11 is 0. The molecule has 138 valence electrons. The van der Waals surface area contributed by atoms with E-state index < -0.39 is 28.3 Å². The molecule has 0 spiro atoms. The van der Waals surface area contributed by atoms with Gasteiger partial charge in [-0.05, 0) is 42.8 Å². The van der Waals surface area contributed by atoms with Crippen LogP contribution in [0.1, 0.15) is 5.56 Å². The van der Waals surface area contributed by atoms with Crippen molar-refractivity contribution in [1.82, 2.24) is 4.72 Å². The zero-order valence-corrected chi connectivity index (χ0v) is 14.7. The second-order valence-electron chi connectivity index (χ2n) is 5.64. The SMILES string of the molecule is Cc1cc(F)ccc1S(=O)(=O)NCC(=O)Nc1ccc2c(c1)OCCO2. The highest BCUT2D eigenvalue weighted by Gasteiger charge is 2.19. The van der Waals surface area contributed by atoms with Crippen molar-refractivity contribution in [1.29, 1.82) is 0 Å². The van der Waals surface area contributed by atoms with Crippen molar-refractivity contribution in [2.45, 2.75) is 11.8 Å². The number of fused-ring (bicyclic) bond motifs is 1. The summed E-state index contributed by atoms with van der Waals surface area (Å²) < 4.78 is 50.6. The maximum absolute atomic E-state index is 13.1. The second kappa shape index (κ2) is 7.30. The fourth-order valence-electron chi connectivity index (χ4n) is 2.48. The van der Waals surface area contributed by atoms with Crippen LogP contribution in [-0.4, -0.2) is 34.1 Å². The fourth-order valence-corrected chi connectivity index (χ4v) is 3.69. The van der Waals surface area contributed by atoms with E-state index in [1.54, 1.807) is 18.2 Å². The third kappa shape index (κ3) is 4.12. The van der Waals surface area contributed by atoms with Crippen LogP contribution in [0.3, 0.4) is 0 Å². The van der Waals surface area contributed by atoms with Crippen molar-refractivity contribution in [3.8, 4) is 11.5 Å². The number of hydrogen-bond donors (Lipinski definition) is 2. The van der Waals surface area contributed by atoms with Crippen LogP contribution in [0.4, 0.5) is 10.1 Å². The first-order valence-corrected chi connectivity index (χ1v) is 9.29. The molecule has 1 aliphatic rings. The molecule has 1 aliphatic heterocycles. The molecule has 2 N–H and O–H groups in total. The van der Waals surface area contributed by atoms with Gasteiger partial charge in [-0.2, -0.15) is 0 Å². The number of carbonyl (C=O) groups is 1. The lowest BCUT2D eigenvalue weighted by molar-refractivity contribution is -0.115. The number of amides is 1. The van der Waals surface area contributed by atoms with E-state index in [2.05, 4.69) is 10.0 Å². The number of sulfonamides is 1. The van der Waals surface area contributed by atoms with E-state index in [4.69, 9.17) is 9.47 Å². The van der Waals surface area contributed by atoms with E-state index in [1.165, 1.54) is 6.92 Å². The number of halogens is 1. The predicted molar refractivity (Wildman–Crippen MR) is 92.4 cm³/mol. The number of hydrogen-bond acceptors (Lipinski definition) is 5. The van der Waals surface area contributed by atoms with Gasteiger partial charge in [0.15, 0.2) is 11.5 Å². The average Bonchev–Trinajstić information content (AvgIpc) is 2.60. The lowest BCUT2D eigenvalue weighted by Crippen LogP contribution is -2.33. The minimum atomic E-state index is -3.93. The van der Waals surface area contributed by atoms with Gasteiger partial charge in [-0.15, -0.1) is 0 Å². The Morgan fingerprint density at radius 1 is 1.12 bits per heavy atom. The third-order valence-electron chi connectivity index (χ3n) is 3.68. The molecule has 0 saturated carbocycles. The average molecular weight is 380 g/mol. The summed E-state index contributed by atoms with van der Waals surface area (Å²) in [5, 5.41) is 2.58. The Labute approximate surface area is 150 Å². The van der Waals surface area contributed by atoms with Crippen molar-refractivity contribution in [2.24, 2.45) is 0 Å². The lowest BCUT2D eigenvalue weighted by atomic mass is 10.2. The van der Waals surface area contributed by atoms with E-state index in [0.29, 0.717) is 30.4 Å². The molecular formula is C17H17FN2O5S. The highest BCUT2D eigenvalue weighted by Crippen LogP contribution is 2.32. The first kappa shape index (κ1) is 18.2. The Balaban J connectivity index is 1.63. The topological polar surface area (TPSA) is 93.7 Å². The Bertz CT molecular complexity index is 946. The van der Waals surface area contributed by atoms with Gasteiger partial charge >= 0.3 is 0 Å². The second-order valence-corrected chi connectivity index (χ2v) is 7.38. The highest BCUT2D eigenvalue weighted by molar-refractivity contribution is 7.89. The van der Waals surface area contributed by atoms with Crippen LogP contribution in [0.15, 0.2) is 41.3 Å². The zero-order valence-electron chi connectivity index (χ0n) is 13.9. The van der Waals surface area contributed by atoms with Gasteiger partial charge in [-0.1, -0.05) is 0 Å². The van der Waals surface area contributed by atoms with Crippen LogP contribution >= 0.6 is 0 Å². The van der Waals surface area contributed by atoms with Gasteiger partial charge in [0.2, 0.25) is 15.9 Å². The number of rotatable bonds is 5. The van der Waals surface area contributed by atoms with Gasteiger partial charge in [0.1, 0.15) is 19.0 Å². The minimum Gasteiger partial charge on any atom is -0.486 e. The van der Waals surface area contributed by atoms with Crippen LogP contribution in [0.5, 0.6) is 11.5 Å². The normalized spacial score (nSPS) is 13.3. The number of ether oxygens (including phenoxy) is 2. The van der Waals surface area contributed by atoms with Crippen molar-refractivity contribution in [2.75, 3.05) is 25.1 Å². The molecule has 26 heavy (non-hydrogen) atoms. The van der Waals surface area contributed by atoms with Crippen molar-refractivity contribution in [3.63, 3.8) is 0 Å². The van der Waals surface area contributed by atoms with Crippen molar-refractivity contribution >= 4 is 21.6 Å². The van der Waals surface area contributed by atoms with Crippen LogP contribution in [0.2, 0.25) is 0 Å². The van der Waals surface area contributed by atoms with Gasteiger partial charge in [0.05, 0.1) is 11.4 Å². The summed E-state index contributed by atoms with van der Waals surface area (Å²) in [5.74, 6) is 0.0149. The molecule has 2 aromatic carbocycles. The zero-order chi connectivity index (χ0) is 18.7. The van der Waals surface area contributed by atoms with Gasteiger partial charge in [-0.3, -0.25) is 4.79 Å². The largest absolute Gasteiger partial charge is 0.486 e. The molecule has 9 heteroatoms. The minimum absolute atomic E-state index is 0.0778. The van der Waals surface area contributed by atoms with Crippen LogP contribution in [0.25, 0.3) is 0 Å². The molecule has 0 aliphatic carbocycles. The summed E-state index contributed by atoms with van der Waals surface area (Å²) in [5.41, 5.74) is 0.709. The smallest absolute Gasteiger partial charge is 0.241 e. The van der Waals surface area contributed by atoms with Crippen LogP contribution in [0, 0.1) is 12.7 Å². The van der Waals surface area contributed by atoms with Crippen molar-refractivity contribution in [3.05, 3.63) is 47.8 Å². The molecule has 3 rings (SSSR count). The molecule has 0 fully saturated rings. The Hall–Kier alpha value is -2.65. The molecule has 0 bridgehead atoms. The van der Waals surface area contributed by atoms with Crippen molar-refractivity contribution < 1.29 is 27.1 Å². The Morgan fingerprint density at radius 2 is 1.85 bits per heavy atom. The van der Waals surface area contributed by atoms with E-state index in [-0.39, 0.29) is 10.5 Å². The van der Waals surface area contributed by atoms with Crippen LogP contribution < -0.4 is 19.5 Å². The summed E-state index contributed by atoms with van der Waals surface area (Å²) in [6.07, 6.45) is 0. The predicted octanol–water partition coefficient (Wildman–Crippen LogP) is 1.82. The van der Waals surface area contributed by atoms with Gasteiger partial charge in [0, 0.05) is 11.8 Å². The number of benzene rings is 2. The Morgan fingerprint density at radius 3 is 2.58 bits per heavy atom. The molecule has 1 amide bonds. The molecule has 7 nitrogen and oxygen atoms in total. The number of anilines is 1. The molecular weight excluding hydrogens is 363 g/mol. The molecule has 0 saturated heterocycles. The molecule has 2 aromatic rings. The van der Waals surface area contributed by atoms with Crippen LogP contribution in [-0.2, 0) is 14.8 Å². The van der Waals surface area contributed by atoms with Gasteiger partial charge in [-0.25, -0.2) is 17.5 Å². The molecule has 1 heterocycles. The summed E-state index contributed by atoms with van der Waals surface area (Å²) in [6.45, 7) is 1.89. The summed E-state index contributed by atoms with van der Waals surface area (Å²) in [6, 6.07) is 8.22. The monoisotopic (exact) mass is 380 g/mol. The molecule has 0 aromatic heterocycles. The lowest BCUT2D eigenvalue weighted by Gasteiger charge is -2.19. The van der Waals surface area contributed by atoms with Gasteiger partial charge < -0.3 is 14.8 Å². The summed E-state index contributed by atoms with van der Waals surface area (Å²) in [4.78, 5) is 11.9. The number of nitrogens with one attached hydrogen (secondary N) is 2. The standard InChI is InChI=1S/C17H17FN2O5S/c1-11-8-12(18)2-5-16(11)26(22,23)19-10-17(21)20-13-3-4-14-15(9-13)25-7-6-24-14/h2-5,8-9,19H,6-7,10H2,1H3,(H,20,21). The Kier molecular flexibility index (Phi) is 5.10. The maximum Gasteiger partial charge on any atom is 0.241 e. The van der Waals surface area contributed by atoms with E-state index in [1.807, 2.05) is 0 Å². The number of aryl methyl sites for hydroxylation is 1. The highest BCUT2D eigenvalue weighted by atomic mass is 32.2. The quantitative estimate of drug-likeness (QED) is 0.825. The van der Waals surface area contributed by atoms with E-state index in [0.717, 1.165) is 18.2 Å². The van der Waals surface area contributed by atoms with Gasteiger partial charge in [0.25, 0.3) is 0 Å². The van der Waals surface area contributed by atoms with E-state index in [9.17, 15) is 17.6 Å². The fraction of sp³-hybridized carbons (Fsp3) is 0.235. The summed E-state index contributed by atoms with van der Waals surface area (Å²) in [7, 11) is -3.93. The third-order valence-corrected chi connectivity index (χ3v) is 5.24. The van der Waals surface area contributed by atoms with E-state index >= 15 is 0 Å². The molecule has 0 atom stereocenters. The maximum atomic E-state index is 13.1. The molecule has 0 radical (unpaired) electrons. The molecule has 0 unspecified atom stereocenters. The first-order chi connectivity index (χ1) is 12.3. The number of carbonyl (C=O) groups excluding carboxylic acids is 1.